The van der Waals surface area contributed by atoms with Crippen molar-refractivity contribution in [1.82, 2.24) is 19.8 Å². The van der Waals surface area contributed by atoms with E-state index in [2.05, 4.69) is 21.8 Å². The Kier molecular flexibility index (Phi) is 10.4. The molecule has 41 heavy (non-hydrogen) atoms. The molecule has 0 atom stereocenters. The third-order valence-electron chi connectivity index (χ3n) is 5.42. The standard InChI is InChI=1S/C28H27N5O8/c29-20-8-6-18(7-9-20)4-5-19-10-22(13-33(16-27(38)39)17-28(40)41)31-24(11-19)23-3-1-2-21(30-23)12-32(14-25(34)35)15-26(36)37/h1-3,6-11H,12-17,29H2,(H,34,35)(H,36,37)(H,38,39)(H,40,41). The van der Waals surface area contributed by atoms with Crippen LogP contribution >= 0.6 is 0 Å². The van der Waals surface area contributed by atoms with Gasteiger partial charge < -0.3 is 26.2 Å². The first-order chi connectivity index (χ1) is 19.5. The highest BCUT2D eigenvalue weighted by Crippen LogP contribution is 2.19. The number of aromatic nitrogens is 2. The van der Waals surface area contributed by atoms with Gasteiger partial charge in [0.15, 0.2) is 0 Å². The molecular weight excluding hydrogens is 534 g/mol. The summed E-state index contributed by atoms with van der Waals surface area (Å²) in [5, 5.41) is 36.7. The van der Waals surface area contributed by atoms with E-state index in [0.29, 0.717) is 39.6 Å². The van der Waals surface area contributed by atoms with Gasteiger partial charge in [-0.25, -0.2) is 9.97 Å². The monoisotopic (exact) mass is 561 g/mol. The van der Waals surface area contributed by atoms with Crippen LogP contribution in [0.2, 0.25) is 0 Å². The number of carboxylic acid groups (broad SMARTS) is 4. The van der Waals surface area contributed by atoms with E-state index < -0.39 is 50.1 Å². The summed E-state index contributed by atoms with van der Waals surface area (Å²) in [5.74, 6) is 1.26. The van der Waals surface area contributed by atoms with Gasteiger partial charge in [0.1, 0.15) is 0 Å². The lowest BCUT2D eigenvalue weighted by atomic mass is 10.1. The fourth-order valence-electron chi connectivity index (χ4n) is 3.85. The molecule has 0 saturated carbocycles. The van der Waals surface area contributed by atoms with E-state index in [1.54, 1.807) is 54.6 Å². The molecule has 3 aromatic rings. The molecule has 13 heteroatoms. The molecule has 6 N–H and O–H groups in total. The first kappa shape index (κ1) is 30.2. The smallest absolute Gasteiger partial charge is 0.317 e. The van der Waals surface area contributed by atoms with E-state index in [0.717, 1.165) is 0 Å². The Morgan fingerprint density at radius 1 is 0.634 bits per heavy atom. The molecule has 1 aromatic carbocycles. The molecular formula is C28H27N5O8. The highest BCUT2D eigenvalue weighted by molar-refractivity contribution is 5.73. The van der Waals surface area contributed by atoms with Crippen LogP contribution in [-0.4, -0.2) is 90.3 Å². The lowest BCUT2D eigenvalue weighted by Gasteiger charge is -2.19. The number of aliphatic carboxylic acids is 4. The van der Waals surface area contributed by atoms with Crippen LogP contribution in [-0.2, 0) is 32.3 Å². The summed E-state index contributed by atoms with van der Waals surface area (Å²) in [5.41, 5.74) is 8.95. The largest absolute Gasteiger partial charge is 0.480 e. The average molecular weight is 562 g/mol. The minimum Gasteiger partial charge on any atom is -0.480 e. The average Bonchev–Trinajstić information content (AvgIpc) is 2.87. The van der Waals surface area contributed by atoms with Crippen molar-refractivity contribution < 1.29 is 39.6 Å². The molecule has 0 aliphatic rings. The van der Waals surface area contributed by atoms with Gasteiger partial charge in [0.2, 0.25) is 0 Å². The van der Waals surface area contributed by atoms with Crippen LogP contribution < -0.4 is 5.73 Å². The Labute approximate surface area is 234 Å². The number of nitrogen functional groups attached to an aromatic ring is 1. The molecule has 212 valence electrons. The number of carbonyl (C=O) groups is 4. The van der Waals surface area contributed by atoms with Gasteiger partial charge in [-0.1, -0.05) is 17.9 Å². The Bertz CT molecular complexity index is 1470. The van der Waals surface area contributed by atoms with E-state index in [4.69, 9.17) is 15.9 Å². The molecule has 0 aliphatic carbocycles. The van der Waals surface area contributed by atoms with Crippen LogP contribution in [0.15, 0.2) is 54.6 Å². The van der Waals surface area contributed by atoms with Gasteiger partial charge >= 0.3 is 23.9 Å². The van der Waals surface area contributed by atoms with E-state index in [1.807, 2.05) is 0 Å². The Morgan fingerprint density at radius 2 is 1.12 bits per heavy atom. The number of hydrogen-bond donors (Lipinski definition) is 5. The van der Waals surface area contributed by atoms with Gasteiger partial charge in [-0.15, -0.1) is 0 Å². The number of anilines is 1. The minimum atomic E-state index is -1.20. The Hall–Kier alpha value is -5.32. The van der Waals surface area contributed by atoms with Crippen molar-refractivity contribution >= 4 is 29.6 Å². The molecule has 0 aliphatic heterocycles. The van der Waals surface area contributed by atoms with Crippen molar-refractivity contribution in [3.05, 3.63) is 77.1 Å². The fourth-order valence-corrected chi connectivity index (χ4v) is 3.85. The van der Waals surface area contributed by atoms with Gasteiger partial charge in [0, 0.05) is 29.9 Å². The summed E-state index contributed by atoms with van der Waals surface area (Å²) in [4.78, 5) is 56.5. The maximum absolute atomic E-state index is 11.3. The number of rotatable bonds is 13. The van der Waals surface area contributed by atoms with E-state index in [-0.39, 0.29) is 13.1 Å². The molecule has 0 saturated heterocycles. The van der Waals surface area contributed by atoms with Crippen LogP contribution in [0.5, 0.6) is 0 Å². The second-order valence-electron chi connectivity index (χ2n) is 8.98. The molecule has 2 aromatic heterocycles. The van der Waals surface area contributed by atoms with Crippen molar-refractivity contribution in [2.24, 2.45) is 0 Å². The number of carboxylic acids is 4. The zero-order chi connectivity index (χ0) is 29.9. The summed E-state index contributed by atoms with van der Waals surface area (Å²) in [6.45, 7) is -2.21. The molecule has 0 amide bonds. The van der Waals surface area contributed by atoms with Crippen LogP contribution in [0.1, 0.15) is 22.5 Å². The van der Waals surface area contributed by atoms with Crippen molar-refractivity contribution in [3.8, 4) is 23.2 Å². The second kappa shape index (κ2) is 14.2. The molecule has 0 spiro atoms. The zero-order valence-corrected chi connectivity index (χ0v) is 21.7. The normalized spacial score (nSPS) is 10.7. The Balaban J connectivity index is 2.01. The number of hydrogen-bond acceptors (Lipinski definition) is 9. The zero-order valence-electron chi connectivity index (χ0n) is 21.7. The molecule has 0 unspecified atom stereocenters. The molecule has 0 bridgehead atoms. The fraction of sp³-hybridized carbons (Fsp3) is 0.214. The third-order valence-corrected chi connectivity index (χ3v) is 5.42. The summed E-state index contributed by atoms with van der Waals surface area (Å²) in [6, 6.07) is 15.1. The lowest BCUT2D eigenvalue weighted by Crippen LogP contribution is -2.34. The predicted molar refractivity (Wildman–Crippen MR) is 145 cm³/mol. The highest BCUT2D eigenvalue weighted by atomic mass is 16.4. The molecule has 3 rings (SSSR count). The molecule has 13 nitrogen and oxygen atoms in total. The van der Waals surface area contributed by atoms with Crippen molar-refractivity contribution in [2.45, 2.75) is 13.1 Å². The van der Waals surface area contributed by atoms with Crippen molar-refractivity contribution in [1.29, 1.82) is 0 Å². The van der Waals surface area contributed by atoms with Crippen molar-refractivity contribution in [2.75, 3.05) is 31.9 Å². The van der Waals surface area contributed by atoms with Crippen LogP contribution in [0.4, 0.5) is 5.69 Å². The van der Waals surface area contributed by atoms with E-state index in [1.165, 1.54) is 9.80 Å². The minimum absolute atomic E-state index is 0.0546. The number of nitrogens with two attached hydrogens (primary N) is 1. The molecule has 0 fully saturated rings. The van der Waals surface area contributed by atoms with E-state index in [9.17, 15) is 29.4 Å². The van der Waals surface area contributed by atoms with Crippen molar-refractivity contribution in [3.63, 3.8) is 0 Å². The first-order valence-corrected chi connectivity index (χ1v) is 12.1. The summed E-state index contributed by atoms with van der Waals surface area (Å²) in [6.07, 6.45) is 0. The third kappa shape index (κ3) is 10.4. The maximum atomic E-state index is 11.3. The Morgan fingerprint density at radius 3 is 1.66 bits per heavy atom. The van der Waals surface area contributed by atoms with Crippen LogP contribution in [0, 0.1) is 11.8 Å². The SMILES string of the molecule is Nc1ccc(C#Cc2cc(CN(CC(=O)O)CC(=O)O)nc(-c3cccc(CN(CC(=O)O)CC(=O)O)n3)c2)cc1. The maximum Gasteiger partial charge on any atom is 0.317 e. The summed E-state index contributed by atoms with van der Waals surface area (Å²) < 4.78 is 0. The molecule has 0 radical (unpaired) electrons. The van der Waals surface area contributed by atoms with Gasteiger partial charge in [-0.2, -0.15) is 0 Å². The quantitative estimate of drug-likeness (QED) is 0.146. The van der Waals surface area contributed by atoms with Gasteiger partial charge in [0.05, 0.1) is 49.0 Å². The van der Waals surface area contributed by atoms with Gasteiger partial charge in [-0.3, -0.25) is 29.0 Å². The lowest BCUT2D eigenvalue weighted by molar-refractivity contribution is -0.144. The second-order valence-corrected chi connectivity index (χ2v) is 8.98. The number of nitrogens with zero attached hydrogens (tertiary/aromatic N) is 4. The number of pyridine rings is 2. The predicted octanol–water partition coefficient (Wildman–Crippen LogP) is 1.07. The topological polar surface area (TPSA) is 207 Å². The van der Waals surface area contributed by atoms with Crippen LogP contribution in [0.3, 0.4) is 0 Å². The highest BCUT2D eigenvalue weighted by Gasteiger charge is 2.17. The molecule has 2 heterocycles. The summed E-state index contributed by atoms with van der Waals surface area (Å²) >= 11 is 0. The van der Waals surface area contributed by atoms with Crippen LogP contribution in [0.25, 0.3) is 11.4 Å². The first-order valence-electron chi connectivity index (χ1n) is 12.1. The number of benzene rings is 1. The summed E-state index contributed by atoms with van der Waals surface area (Å²) in [7, 11) is 0. The van der Waals surface area contributed by atoms with Gasteiger partial charge in [-0.05, 0) is 48.5 Å². The van der Waals surface area contributed by atoms with E-state index >= 15 is 0 Å². The van der Waals surface area contributed by atoms with Gasteiger partial charge in [0.25, 0.3) is 0 Å².